The van der Waals surface area contributed by atoms with Gasteiger partial charge in [0.1, 0.15) is 0 Å². The van der Waals surface area contributed by atoms with Crippen molar-refractivity contribution in [1.29, 1.82) is 0 Å². The summed E-state index contributed by atoms with van der Waals surface area (Å²) in [6, 6.07) is 33.1. The van der Waals surface area contributed by atoms with Crippen LogP contribution in [0.1, 0.15) is 0 Å². The predicted molar refractivity (Wildman–Crippen MR) is 83.5 cm³/mol. The van der Waals surface area contributed by atoms with Crippen LogP contribution in [0.4, 0.5) is 11.4 Å². The van der Waals surface area contributed by atoms with Crippen LogP contribution in [0.2, 0.25) is 0 Å². The van der Waals surface area contributed by atoms with Gasteiger partial charge in [-0.05, 0) is 0 Å². The molecule has 0 aliphatic heterocycles. The maximum atomic E-state index is 5.33. The maximum Gasteiger partial charge on any atom is 0 e. The molecule has 0 atom stereocenters. The Bertz CT molecular complexity index is 494. The fourth-order valence-corrected chi connectivity index (χ4v) is 1.12. The van der Waals surface area contributed by atoms with E-state index in [1.165, 1.54) is 0 Å². The number of nitrogens with two attached hydrogens (primary N) is 2. The number of benzene rings is 3. The average Bonchev–Trinajstić information content (AvgIpc) is 2.52. The van der Waals surface area contributed by atoms with Gasteiger partial charge < -0.3 is 29.7 Å². The van der Waals surface area contributed by atoms with Gasteiger partial charge >= 0.3 is 0 Å². The van der Waals surface area contributed by atoms with E-state index >= 15 is 0 Å². The first-order chi connectivity index (χ1) is 9.79. The summed E-state index contributed by atoms with van der Waals surface area (Å²) in [5.74, 6) is 0. The minimum absolute atomic E-state index is 0. The fourth-order valence-electron chi connectivity index (χ4n) is 1.12. The molecule has 0 saturated heterocycles. The molecule has 0 aliphatic rings. The molecule has 7 radical (unpaired) electrons. The van der Waals surface area contributed by atoms with E-state index in [2.05, 4.69) is 24.3 Å². The molecule has 0 unspecified atom stereocenters. The molecule has 123 valence electrons. The SMILES string of the molecule is Nc1c[c-]ccc1.Nc1c[c-]ccc1.[Y].[Y].[Y].[Y].[Y].[Y].[Y].[c-]1c[c-]ccc1. The van der Waals surface area contributed by atoms with Crippen LogP contribution in [-0.4, -0.2) is 0 Å². The van der Waals surface area contributed by atoms with E-state index in [0.29, 0.717) is 0 Å². The van der Waals surface area contributed by atoms with Gasteiger partial charge in [0.25, 0.3) is 0 Å². The van der Waals surface area contributed by atoms with E-state index in [1.54, 1.807) is 18.2 Å². The molecule has 3 aromatic rings. The molecule has 0 spiro atoms. The molecule has 0 saturated carbocycles. The summed E-state index contributed by atoms with van der Waals surface area (Å²) in [6.07, 6.45) is 0. The van der Waals surface area contributed by atoms with Gasteiger partial charge in [0.15, 0.2) is 0 Å². The molecule has 0 aromatic heterocycles. The van der Waals surface area contributed by atoms with Gasteiger partial charge in [-0.3, -0.25) is 18.2 Å². The Morgan fingerprint density at radius 1 is 0.481 bits per heavy atom. The minimum Gasteiger partial charge on any atom is -0.449 e. The first-order valence-corrected chi connectivity index (χ1v) is 6.04. The van der Waals surface area contributed by atoms with Crippen LogP contribution in [0.3, 0.4) is 0 Å². The smallest absolute Gasteiger partial charge is 0 e. The summed E-state index contributed by atoms with van der Waals surface area (Å²) in [7, 11) is 0. The van der Waals surface area contributed by atoms with Crippen molar-refractivity contribution < 1.29 is 229 Å². The Morgan fingerprint density at radius 3 is 0.926 bits per heavy atom. The van der Waals surface area contributed by atoms with E-state index in [1.807, 2.05) is 54.6 Å². The average molecular weight is 883 g/mol. The van der Waals surface area contributed by atoms with Gasteiger partial charge in [-0.15, -0.1) is 0 Å². The molecule has 0 amide bonds. The van der Waals surface area contributed by atoms with Crippen LogP contribution in [0, 0.1) is 24.3 Å². The largest absolute Gasteiger partial charge is 0.449 e. The van der Waals surface area contributed by atoms with E-state index in [9.17, 15) is 0 Å². The zero-order valence-corrected chi connectivity index (χ0v) is 35.0. The molecule has 0 aliphatic carbocycles. The van der Waals surface area contributed by atoms with Crippen molar-refractivity contribution in [3.8, 4) is 0 Å². The van der Waals surface area contributed by atoms with E-state index in [4.69, 9.17) is 11.5 Å². The minimum atomic E-state index is 0. The van der Waals surface area contributed by atoms with Crippen LogP contribution in [0.5, 0.6) is 0 Å². The first-order valence-electron chi connectivity index (χ1n) is 6.04. The third-order valence-corrected chi connectivity index (χ3v) is 2.01. The summed E-state index contributed by atoms with van der Waals surface area (Å²) < 4.78 is 0. The molecule has 0 heterocycles. The number of hydrogen-bond donors (Lipinski definition) is 2. The van der Waals surface area contributed by atoms with Gasteiger partial charge in [0, 0.05) is 229 Å². The Labute approximate surface area is 340 Å². The summed E-state index contributed by atoms with van der Waals surface area (Å²) in [6.45, 7) is 0. The molecular formula is C18H16N2Y7-4. The number of nitrogen functional groups attached to an aromatic ring is 2. The Kier molecular flexibility index (Phi) is 69.7. The summed E-state index contributed by atoms with van der Waals surface area (Å²) in [5, 5.41) is 0. The van der Waals surface area contributed by atoms with Gasteiger partial charge in [0.2, 0.25) is 0 Å². The van der Waals surface area contributed by atoms with Gasteiger partial charge in [-0.25, -0.2) is 0 Å². The van der Waals surface area contributed by atoms with Crippen molar-refractivity contribution in [3.63, 3.8) is 0 Å². The van der Waals surface area contributed by atoms with Crippen LogP contribution in [0.15, 0.2) is 72.8 Å². The van der Waals surface area contributed by atoms with Gasteiger partial charge in [0.05, 0.1) is 0 Å². The zero-order valence-electron chi connectivity index (χ0n) is 15.1. The monoisotopic (exact) mass is 882 g/mol. The normalized spacial score (nSPS) is 6.22. The summed E-state index contributed by atoms with van der Waals surface area (Å²) in [4.78, 5) is 0. The molecule has 3 rings (SSSR count). The van der Waals surface area contributed by atoms with Crippen LogP contribution < -0.4 is 11.5 Å². The van der Waals surface area contributed by atoms with Crippen LogP contribution >= 0.6 is 0 Å². The Hall–Kier alpha value is 4.99. The van der Waals surface area contributed by atoms with Gasteiger partial charge in [-0.2, -0.15) is 60.7 Å². The van der Waals surface area contributed by atoms with E-state index in [0.717, 1.165) is 11.4 Å². The quantitative estimate of drug-likeness (QED) is 0.269. The third-order valence-electron chi connectivity index (χ3n) is 2.01. The molecule has 9 heteroatoms. The second kappa shape index (κ2) is 38.3. The molecule has 0 fully saturated rings. The van der Waals surface area contributed by atoms with E-state index in [-0.39, 0.29) is 229 Å². The third kappa shape index (κ3) is 35.8. The van der Waals surface area contributed by atoms with Crippen molar-refractivity contribution in [1.82, 2.24) is 0 Å². The van der Waals surface area contributed by atoms with Gasteiger partial charge in [-0.1, -0.05) is 11.4 Å². The maximum absolute atomic E-state index is 5.33. The second-order valence-corrected chi connectivity index (χ2v) is 3.68. The number of hydrogen-bond acceptors (Lipinski definition) is 2. The molecule has 3 aromatic carbocycles. The topological polar surface area (TPSA) is 52.0 Å². The Morgan fingerprint density at radius 2 is 0.815 bits per heavy atom. The first kappa shape index (κ1) is 49.2. The van der Waals surface area contributed by atoms with Crippen LogP contribution in [0.25, 0.3) is 0 Å². The molecule has 0 bridgehead atoms. The van der Waals surface area contributed by atoms with Crippen molar-refractivity contribution >= 4 is 11.4 Å². The number of anilines is 2. The zero-order chi connectivity index (χ0) is 14.5. The fraction of sp³-hybridized carbons (Fsp3) is 0. The standard InChI is InChI=1S/2C6H6N.C6H4.7Y/c2*7-6-4-2-1-3-5-6;1-2-4-6-5-3-1;;;;;;;/h2*1-2,4-5H,7H2;1-3,6H;;;;;;;/q2*-1;-2;;;;;;;. The second-order valence-electron chi connectivity index (χ2n) is 3.68. The molecule has 4 N–H and O–H groups in total. The Balaban J connectivity index is -0.0000000394. The van der Waals surface area contributed by atoms with Crippen molar-refractivity contribution in [2.45, 2.75) is 0 Å². The van der Waals surface area contributed by atoms with Crippen molar-refractivity contribution in [3.05, 3.63) is 97.1 Å². The number of rotatable bonds is 0. The molecule has 27 heavy (non-hydrogen) atoms. The van der Waals surface area contributed by atoms with Crippen molar-refractivity contribution in [2.75, 3.05) is 11.5 Å². The van der Waals surface area contributed by atoms with Crippen LogP contribution in [-0.2, 0) is 229 Å². The summed E-state index contributed by atoms with van der Waals surface area (Å²) >= 11 is 0. The molecule has 2 nitrogen and oxygen atoms in total. The van der Waals surface area contributed by atoms with E-state index < -0.39 is 0 Å². The van der Waals surface area contributed by atoms with Crippen molar-refractivity contribution in [2.24, 2.45) is 0 Å². The summed E-state index contributed by atoms with van der Waals surface area (Å²) in [5.41, 5.74) is 12.2. The predicted octanol–water partition coefficient (Wildman–Crippen LogP) is 3.41. The molecular weight excluding hydrogens is 867 g/mol.